The van der Waals surface area contributed by atoms with Crippen LogP contribution in [0.25, 0.3) is 0 Å². The summed E-state index contributed by atoms with van der Waals surface area (Å²) in [6, 6.07) is 0. The zero-order valence-electron chi connectivity index (χ0n) is 15.4. The number of aliphatic carboxylic acids is 1. The van der Waals surface area contributed by atoms with Gasteiger partial charge in [0.15, 0.2) is 0 Å². The number of halogens is 3. The second-order valence-electron chi connectivity index (χ2n) is 6.34. The molecule has 0 fully saturated rings. The molecule has 2 nitrogen and oxygen atoms in total. The molecule has 0 saturated heterocycles. The van der Waals surface area contributed by atoms with Gasteiger partial charge in [0.25, 0.3) is 0 Å². The predicted octanol–water partition coefficient (Wildman–Crippen LogP) is 7.21. The third-order valence-corrected chi connectivity index (χ3v) is 3.99. The van der Waals surface area contributed by atoms with E-state index < -0.39 is 13.5 Å². The van der Waals surface area contributed by atoms with Gasteiger partial charge < -0.3 is 5.11 Å². The summed E-state index contributed by atoms with van der Waals surface area (Å²) in [7, 11) is -3.67. The lowest BCUT2D eigenvalue weighted by Gasteiger charge is -2.03. The van der Waals surface area contributed by atoms with Gasteiger partial charge in [0.05, 0.1) is 0 Å². The van der Waals surface area contributed by atoms with Crippen LogP contribution in [0.2, 0.25) is 0 Å². The summed E-state index contributed by atoms with van der Waals surface area (Å²) >= 11 is 0. The van der Waals surface area contributed by atoms with Crippen LogP contribution in [0.1, 0.15) is 110 Å². The fourth-order valence-corrected chi connectivity index (χ4v) is 2.65. The summed E-state index contributed by atoms with van der Waals surface area (Å²) in [6.45, 7) is 2.27. The van der Waals surface area contributed by atoms with Crippen molar-refractivity contribution in [3.05, 3.63) is 0 Å². The molecule has 0 heterocycles. The molecule has 0 unspecified atom stereocenters. The number of carboxylic acid groups (broad SMARTS) is 1. The number of hydrogen-bond donors (Lipinski definition) is 1. The lowest BCUT2D eigenvalue weighted by atomic mass is 10.0. The van der Waals surface area contributed by atoms with E-state index in [4.69, 9.17) is 5.11 Å². The van der Waals surface area contributed by atoms with Gasteiger partial charge in [-0.25, -0.2) is 0 Å². The molecule has 0 amide bonds. The van der Waals surface area contributed by atoms with E-state index in [1.54, 1.807) is 0 Å². The van der Waals surface area contributed by atoms with Crippen LogP contribution in [0.15, 0.2) is 0 Å². The van der Waals surface area contributed by atoms with E-state index in [1.165, 1.54) is 83.5 Å². The van der Waals surface area contributed by atoms with Crippen molar-refractivity contribution in [2.75, 3.05) is 0 Å². The van der Waals surface area contributed by atoms with Crippen LogP contribution in [0.3, 0.4) is 0 Å². The monoisotopic (exact) mass is 352 g/mol. The highest BCUT2D eigenvalue weighted by molar-refractivity contribution is 6.33. The van der Waals surface area contributed by atoms with Crippen molar-refractivity contribution in [1.29, 1.82) is 0 Å². The molecular weight excluding hydrogens is 316 g/mol. The number of hydrogen-bond acceptors (Lipinski definition) is 1. The van der Waals surface area contributed by atoms with E-state index in [0.717, 1.165) is 12.8 Å². The van der Waals surface area contributed by atoms with Crippen LogP contribution in [-0.2, 0) is 4.79 Å². The Hall–Kier alpha value is -0.675. The lowest BCUT2D eigenvalue weighted by Crippen LogP contribution is -1.93. The summed E-state index contributed by atoms with van der Waals surface area (Å²) in [5.41, 5.74) is 0. The van der Waals surface area contributed by atoms with Crippen molar-refractivity contribution in [2.24, 2.45) is 0 Å². The van der Waals surface area contributed by atoms with Gasteiger partial charge in [-0.3, -0.25) is 17.7 Å². The first-order chi connectivity index (χ1) is 11.5. The lowest BCUT2D eigenvalue weighted by molar-refractivity contribution is -0.137. The van der Waals surface area contributed by atoms with Crippen molar-refractivity contribution >= 4 is 13.5 Å². The third-order valence-electron chi connectivity index (χ3n) is 3.99. The minimum atomic E-state index is -3.67. The Kier molecular flexibility index (Phi) is 23.8. The molecule has 0 rings (SSSR count). The third kappa shape index (κ3) is 33.1. The molecule has 0 aliphatic heterocycles. The standard InChI is InChI=1S/C18H36O2.BF3/c1-2-3-4-5-6-7-8-9-10-11-12-13-14-15-16-17-18(19)20;2-1(3)4/h2-17H2,1H3,(H,19,20);. The number of unbranched alkanes of at least 4 members (excludes halogenated alkanes) is 14. The van der Waals surface area contributed by atoms with Crippen LogP contribution in [0, 0.1) is 0 Å². The Morgan fingerprint density at radius 1 is 0.667 bits per heavy atom. The van der Waals surface area contributed by atoms with Gasteiger partial charge in [0.2, 0.25) is 0 Å². The highest BCUT2D eigenvalue weighted by Crippen LogP contribution is 2.13. The Bertz CT molecular complexity index is 252. The van der Waals surface area contributed by atoms with Gasteiger partial charge in [-0.1, -0.05) is 96.8 Å². The topological polar surface area (TPSA) is 37.3 Å². The Morgan fingerprint density at radius 2 is 0.917 bits per heavy atom. The molecule has 0 atom stereocenters. The van der Waals surface area contributed by atoms with Crippen LogP contribution in [0.4, 0.5) is 12.9 Å². The number of carboxylic acids is 1. The number of rotatable bonds is 16. The molecule has 0 saturated carbocycles. The van der Waals surface area contributed by atoms with E-state index >= 15 is 0 Å². The average molecular weight is 352 g/mol. The van der Waals surface area contributed by atoms with Gasteiger partial charge in [-0.05, 0) is 6.42 Å². The number of carbonyl (C=O) groups is 1. The van der Waals surface area contributed by atoms with Crippen molar-refractivity contribution in [3.8, 4) is 0 Å². The minimum absolute atomic E-state index is 0.345. The molecule has 6 heteroatoms. The van der Waals surface area contributed by atoms with Crippen LogP contribution in [-0.4, -0.2) is 18.6 Å². The highest BCUT2D eigenvalue weighted by Gasteiger charge is 2.06. The molecule has 144 valence electrons. The second-order valence-corrected chi connectivity index (χ2v) is 6.34. The van der Waals surface area contributed by atoms with Crippen LogP contribution < -0.4 is 0 Å². The second kappa shape index (κ2) is 22.3. The first kappa shape index (κ1) is 25.6. The maximum absolute atomic E-state index is 10.3. The van der Waals surface area contributed by atoms with Gasteiger partial charge >= 0.3 is 13.5 Å². The molecule has 0 aliphatic rings. The quantitative estimate of drug-likeness (QED) is 0.235. The van der Waals surface area contributed by atoms with Gasteiger partial charge in [0.1, 0.15) is 0 Å². The normalized spacial score (nSPS) is 10.2. The summed E-state index contributed by atoms with van der Waals surface area (Å²) in [5.74, 6) is -0.653. The Morgan fingerprint density at radius 3 is 1.17 bits per heavy atom. The first-order valence-electron chi connectivity index (χ1n) is 9.64. The molecule has 0 radical (unpaired) electrons. The molecule has 0 aliphatic carbocycles. The molecule has 0 aromatic heterocycles. The van der Waals surface area contributed by atoms with E-state index in [-0.39, 0.29) is 0 Å². The van der Waals surface area contributed by atoms with Crippen molar-refractivity contribution in [3.63, 3.8) is 0 Å². The molecule has 1 N–H and O–H groups in total. The van der Waals surface area contributed by atoms with Crippen molar-refractivity contribution < 1.29 is 22.8 Å². The first-order valence-corrected chi connectivity index (χ1v) is 9.64. The molecule has 0 aromatic carbocycles. The van der Waals surface area contributed by atoms with E-state index in [9.17, 15) is 17.7 Å². The fourth-order valence-electron chi connectivity index (χ4n) is 2.65. The predicted molar refractivity (Wildman–Crippen MR) is 96.3 cm³/mol. The highest BCUT2D eigenvalue weighted by atomic mass is 19.4. The zero-order chi connectivity index (χ0) is 18.5. The zero-order valence-corrected chi connectivity index (χ0v) is 15.4. The van der Waals surface area contributed by atoms with E-state index in [1.807, 2.05) is 0 Å². The van der Waals surface area contributed by atoms with Crippen molar-refractivity contribution in [2.45, 2.75) is 110 Å². The van der Waals surface area contributed by atoms with E-state index in [0.29, 0.717) is 6.42 Å². The Balaban J connectivity index is 0. The van der Waals surface area contributed by atoms with E-state index in [2.05, 4.69) is 6.92 Å². The maximum atomic E-state index is 10.3. The summed E-state index contributed by atoms with van der Waals surface area (Å²) in [6.07, 6.45) is 20.2. The van der Waals surface area contributed by atoms with Gasteiger partial charge in [-0.15, -0.1) is 0 Å². The smallest absolute Gasteiger partial charge is 0.481 e. The molecule has 0 aromatic rings. The molecular formula is C18H36BF3O2. The molecule has 0 spiro atoms. The van der Waals surface area contributed by atoms with Gasteiger partial charge in [0, 0.05) is 6.42 Å². The summed E-state index contributed by atoms with van der Waals surface area (Å²) < 4.78 is 29.0. The summed E-state index contributed by atoms with van der Waals surface area (Å²) in [4.78, 5) is 10.3. The van der Waals surface area contributed by atoms with Crippen LogP contribution >= 0.6 is 0 Å². The largest absolute Gasteiger partial charge is 0.762 e. The maximum Gasteiger partial charge on any atom is 0.762 e. The SMILES string of the molecule is CCCCCCCCCCCCCCCCCC(=O)O.FB(F)F. The fraction of sp³-hybridized carbons (Fsp3) is 0.944. The Labute approximate surface area is 146 Å². The molecule has 0 bridgehead atoms. The average Bonchev–Trinajstić information content (AvgIpc) is 2.50. The molecule has 24 heavy (non-hydrogen) atoms. The van der Waals surface area contributed by atoms with Gasteiger partial charge in [-0.2, -0.15) is 0 Å². The van der Waals surface area contributed by atoms with Crippen LogP contribution in [0.5, 0.6) is 0 Å². The minimum Gasteiger partial charge on any atom is -0.481 e. The van der Waals surface area contributed by atoms with Crippen molar-refractivity contribution in [1.82, 2.24) is 0 Å². The summed E-state index contributed by atoms with van der Waals surface area (Å²) in [5, 5.41) is 8.52.